The first kappa shape index (κ1) is 16.0. The highest BCUT2D eigenvalue weighted by molar-refractivity contribution is 5.89. The lowest BCUT2D eigenvalue weighted by molar-refractivity contribution is 0.376. The molecule has 26 heavy (non-hydrogen) atoms. The number of methoxy groups -OCH3 is 1. The molecule has 2 heterocycles. The molecule has 0 aliphatic carbocycles. The lowest BCUT2D eigenvalue weighted by atomic mass is 9.99. The third-order valence-corrected chi connectivity index (χ3v) is 4.85. The fourth-order valence-corrected chi connectivity index (χ4v) is 3.55. The van der Waals surface area contributed by atoms with E-state index in [0.29, 0.717) is 16.5 Å². The molecule has 0 fully saturated rings. The number of rotatable bonds is 3. The summed E-state index contributed by atoms with van der Waals surface area (Å²) < 4.78 is 7.19. The van der Waals surface area contributed by atoms with Gasteiger partial charge in [0, 0.05) is 22.7 Å². The Morgan fingerprint density at radius 3 is 2.81 bits per heavy atom. The van der Waals surface area contributed by atoms with Crippen molar-refractivity contribution in [3.05, 3.63) is 53.2 Å². The van der Waals surface area contributed by atoms with Gasteiger partial charge in [-0.05, 0) is 49.7 Å². The molecule has 4 rings (SSSR count). The van der Waals surface area contributed by atoms with Gasteiger partial charge in [-0.1, -0.05) is 0 Å². The van der Waals surface area contributed by atoms with Crippen molar-refractivity contribution in [3.63, 3.8) is 0 Å². The Hall–Kier alpha value is -3.46. The molecule has 0 saturated carbocycles. The second-order valence-corrected chi connectivity index (χ2v) is 6.36. The molecule has 0 saturated heterocycles. The average molecular weight is 346 g/mol. The van der Waals surface area contributed by atoms with Crippen molar-refractivity contribution in [2.24, 2.45) is 0 Å². The number of H-pyrrole nitrogens is 1. The van der Waals surface area contributed by atoms with Crippen molar-refractivity contribution < 1.29 is 9.84 Å². The van der Waals surface area contributed by atoms with Gasteiger partial charge in [0.1, 0.15) is 5.75 Å². The molecule has 0 aliphatic heterocycles. The first-order valence-electron chi connectivity index (χ1n) is 8.31. The number of nitriles is 1. The summed E-state index contributed by atoms with van der Waals surface area (Å²) in [6, 6.07) is 10.9. The number of hydrogen-bond acceptors (Lipinski definition) is 4. The summed E-state index contributed by atoms with van der Waals surface area (Å²) in [7, 11) is 1.64. The van der Waals surface area contributed by atoms with Crippen LogP contribution in [0.4, 0.5) is 0 Å². The van der Waals surface area contributed by atoms with Crippen LogP contribution in [0.1, 0.15) is 29.7 Å². The van der Waals surface area contributed by atoms with Crippen molar-refractivity contribution >= 4 is 21.8 Å². The number of aromatic nitrogens is 3. The minimum absolute atomic E-state index is 0.0379. The van der Waals surface area contributed by atoms with E-state index in [1.54, 1.807) is 30.0 Å². The van der Waals surface area contributed by atoms with Crippen LogP contribution in [0.15, 0.2) is 36.5 Å². The second-order valence-electron chi connectivity index (χ2n) is 6.36. The SMILES string of the molecule is COc1cc(C)c2[nH]ccc2c1C(C)n1nc2ccc(C#N)cc2c1O. The van der Waals surface area contributed by atoms with E-state index in [9.17, 15) is 5.11 Å². The molecule has 1 unspecified atom stereocenters. The molecule has 0 spiro atoms. The predicted molar refractivity (Wildman–Crippen MR) is 99.5 cm³/mol. The molecule has 1 atom stereocenters. The molecule has 130 valence electrons. The van der Waals surface area contributed by atoms with Crippen LogP contribution in [0.5, 0.6) is 11.6 Å². The van der Waals surface area contributed by atoms with E-state index in [-0.39, 0.29) is 11.9 Å². The van der Waals surface area contributed by atoms with E-state index in [1.165, 1.54) is 0 Å². The van der Waals surface area contributed by atoms with Crippen LogP contribution < -0.4 is 4.74 Å². The van der Waals surface area contributed by atoms with E-state index in [4.69, 9.17) is 10.00 Å². The number of fused-ring (bicyclic) bond motifs is 2. The van der Waals surface area contributed by atoms with E-state index in [1.807, 2.05) is 32.2 Å². The van der Waals surface area contributed by atoms with E-state index in [0.717, 1.165) is 27.8 Å². The third-order valence-electron chi connectivity index (χ3n) is 4.85. The Labute approximate surface area is 150 Å². The molecule has 2 N–H and O–H groups in total. The summed E-state index contributed by atoms with van der Waals surface area (Å²) in [4.78, 5) is 3.26. The molecule has 2 aromatic carbocycles. The van der Waals surface area contributed by atoms with Crippen LogP contribution in [0, 0.1) is 18.3 Å². The standard InChI is InChI=1S/C20H18N4O2/c1-11-8-17(26-3)18(14-6-7-22-19(11)14)12(2)24-20(25)15-9-13(10-21)4-5-16(15)23-24/h4-9,12,22,25H,1-3H3. The molecular weight excluding hydrogens is 328 g/mol. The van der Waals surface area contributed by atoms with Gasteiger partial charge in [0.15, 0.2) is 0 Å². The van der Waals surface area contributed by atoms with Gasteiger partial charge < -0.3 is 14.8 Å². The Morgan fingerprint density at radius 1 is 1.27 bits per heavy atom. The number of aromatic amines is 1. The topological polar surface area (TPSA) is 86.9 Å². The molecule has 4 aromatic rings. The quantitative estimate of drug-likeness (QED) is 0.586. The van der Waals surface area contributed by atoms with Gasteiger partial charge in [-0.3, -0.25) is 0 Å². The maximum atomic E-state index is 10.7. The summed E-state index contributed by atoms with van der Waals surface area (Å²) in [6.07, 6.45) is 1.89. The summed E-state index contributed by atoms with van der Waals surface area (Å²) in [5, 5.41) is 26.0. The van der Waals surface area contributed by atoms with Crippen LogP contribution in [-0.2, 0) is 0 Å². The van der Waals surface area contributed by atoms with Gasteiger partial charge in [0.2, 0.25) is 5.88 Å². The van der Waals surface area contributed by atoms with Crippen molar-refractivity contribution in [2.45, 2.75) is 19.9 Å². The first-order valence-corrected chi connectivity index (χ1v) is 8.31. The highest BCUT2D eigenvalue weighted by Gasteiger charge is 2.23. The number of nitrogens with one attached hydrogen (secondary N) is 1. The van der Waals surface area contributed by atoms with E-state index in [2.05, 4.69) is 16.2 Å². The second kappa shape index (κ2) is 5.81. The Bertz CT molecular complexity index is 1180. The van der Waals surface area contributed by atoms with Gasteiger partial charge in [-0.2, -0.15) is 10.4 Å². The number of nitrogens with zero attached hydrogens (tertiary/aromatic N) is 3. The van der Waals surface area contributed by atoms with Gasteiger partial charge in [-0.15, -0.1) is 0 Å². The number of aryl methyl sites for hydroxylation is 1. The van der Waals surface area contributed by atoms with Crippen molar-refractivity contribution in [3.8, 4) is 17.7 Å². The summed E-state index contributed by atoms with van der Waals surface area (Å²) in [6.45, 7) is 4.00. The summed E-state index contributed by atoms with van der Waals surface area (Å²) in [5.74, 6) is 0.787. The number of benzene rings is 2. The van der Waals surface area contributed by atoms with Gasteiger partial charge in [0.05, 0.1) is 35.7 Å². The average Bonchev–Trinajstić information content (AvgIpc) is 3.26. The molecule has 0 radical (unpaired) electrons. The Balaban J connectivity index is 1.95. The first-order chi connectivity index (χ1) is 12.5. The minimum atomic E-state index is -0.262. The predicted octanol–water partition coefficient (Wildman–Crippen LogP) is 4.02. The maximum Gasteiger partial charge on any atom is 0.218 e. The van der Waals surface area contributed by atoms with Gasteiger partial charge >= 0.3 is 0 Å². The Kier molecular flexibility index (Phi) is 3.58. The van der Waals surface area contributed by atoms with Crippen LogP contribution >= 0.6 is 0 Å². The highest BCUT2D eigenvalue weighted by Crippen LogP contribution is 2.39. The largest absolute Gasteiger partial charge is 0.496 e. The normalized spacial score (nSPS) is 12.4. The third kappa shape index (κ3) is 2.21. The zero-order valence-electron chi connectivity index (χ0n) is 14.7. The highest BCUT2D eigenvalue weighted by atomic mass is 16.5. The molecule has 6 nitrogen and oxygen atoms in total. The number of aromatic hydroxyl groups is 1. The van der Waals surface area contributed by atoms with Crippen LogP contribution in [0.2, 0.25) is 0 Å². The molecule has 0 aliphatic rings. The van der Waals surface area contributed by atoms with Crippen LogP contribution in [0.25, 0.3) is 21.8 Å². The van der Waals surface area contributed by atoms with Gasteiger partial charge in [0.25, 0.3) is 0 Å². The maximum absolute atomic E-state index is 10.7. The van der Waals surface area contributed by atoms with Crippen LogP contribution in [0.3, 0.4) is 0 Å². The molecular formula is C20H18N4O2. The smallest absolute Gasteiger partial charge is 0.218 e. The van der Waals surface area contributed by atoms with Crippen molar-refractivity contribution in [1.82, 2.24) is 14.8 Å². The lowest BCUT2D eigenvalue weighted by Crippen LogP contribution is -2.10. The lowest BCUT2D eigenvalue weighted by Gasteiger charge is -2.19. The van der Waals surface area contributed by atoms with E-state index < -0.39 is 0 Å². The van der Waals surface area contributed by atoms with Crippen LogP contribution in [-0.4, -0.2) is 27.0 Å². The molecule has 6 heteroatoms. The van der Waals surface area contributed by atoms with Crippen molar-refractivity contribution in [2.75, 3.05) is 7.11 Å². The number of hydrogen-bond donors (Lipinski definition) is 2. The van der Waals surface area contributed by atoms with Crippen molar-refractivity contribution in [1.29, 1.82) is 5.26 Å². The summed E-state index contributed by atoms with van der Waals surface area (Å²) in [5.41, 5.74) is 4.20. The molecule has 0 bridgehead atoms. The fraction of sp³-hybridized carbons (Fsp3) is 0.200. The molecule has 0 amide bonds. The van der Waals surface area contributed by atoms with Gasteiger partial charge in [-0.25, -0.2) is 4.68 Å². The van der Waals surface area contributed by atoms with E-state index >= 15 is 0 Å². The minimum Gasteiger partial charge on any atom is -0.496 e. The monoisotopic (exact) mass is 346 g/mol. The number of ether oxygens (including phenoxy) is 1. The zero-order valence-corrected chi connectivity index (χ0v) is 14.7. The fourth-order valence-electron chi connectivity index (χ4n) is 3.55. The summed E-state index contributed by atoms with van der Waals surface area (Å²) >= 11 is 0. The molecule has 2 aromatic heterocycles. The Morgan fingerprint density at radius 2 is 2.08 bits per heavy atom. The zero-order chi connectivity index (χ0) is 18.4.